The van der Waals surface area contributed by atoms with Gasteiger partial charge in [-0.2, -0.15) is 4.57 Å². The zero-order valence-electron chi connectivity index (χ0n) is 21.7. The summed E-state index contributed by atoms with van der Waals surface area (Å²) in [6.45, 7) is 8.82. The van der Waals surface area contributed by atoms with Gasteiger partial charge in [-0.15, -0.1) is 0 Å². The Morgan fingerprint density at radius 3 is 2.39 bits per heavy atom. The number of aromatic nitrogens is 1. The second-order valence-corrected chi connectivity index (χ2v) is 11.1. The molecule has 0 spiro atoms. The third-order valence-corrected chi connectivity index (χ3v) is 8.94. The van der Waals surface area contributed by atoms with Crippen molar-refractivity contribution in [3.05, 3.63) is 75.6 Å². The SMILES string of the molecule is CCN1C(=C/C=C/c2sc3ccc(N4C=CCCC4C(=O)O)cc3[n+]2CC)N(CC)c2cc(Cl)c(Cl)cc21. The van der Waals surface area contributed by atoms with Crippen molar-refractivity contribution >= 4 is 73.9 Å². The van der Waals surface area contributed by atoms with Gasteiger partial charge in [-0.1, -0.05) is 46.7 Å². The van der Waals surface area contributed by atoms with Gasteiger partial charge in [0.05, 0.1) is 21.4 Å². The molecule has 0 radical (unpaired) electrons. The van der Waals surface area contributed by atoms with E-state index in [1.807, 2.05) is 35.4 Å². The van der Waals surface area contributed by atoms with Crippen LogP contribution in [0.4, 0.5) is 17.1 Å². The predicted molar refractivity (Wildman–Crippen MR) is 160 cm³/mol. The van der Waals surface area contributed by atoms with Crippen LogP contribution >= 0.6 is 34.5 Å². The molecule has 198 valence electrons. The Labute approximate surface area is 237 Å². The fourth-order valence-electron chi connectivity index (χ4n) is 5.31. The Balaban J connectivity index is 1.49. The van der Waals surface area contributed by atoms with Crippen molar-refractivity contribution < 1.29 is 14.5 Å². The summed E-state index contributed by atoms with van der Waals surface area (Å²) in [5, 5.41) is 12.0. The number of benzene rings is 2. The first-order valence-corrected chi connectivity index (χ1v) is 14.5. The number of carboxylic acid groups (broad SMARTS) is 1. The minimum atomic E-state index is -0.791. The lowest BCUT2D eigenvalue weighted by Gasteiger charge is -2.30. The fraction of sp³-hybridized carbons (Fsp3) is 0.310. The maximum Gasteiger partial charge on any atom is 0.326 e. The maximum absolute atomic E-state index is 11.8. The zero-order chi connectivity index (χ0) is 27.0. The van der Waals surface area contributed by atoms with Gasteiger partial charge in [0.25, 0.3) is 5.01 Å². The Morgan fingerprint density at radius 1 is 1.11 bits per heavy atom. The van der Waals surface area contributed by atoms with Crippen molar-refractivity contribution in [2.75, 3.05) is 27.8 Å². The minimum Gasteiger partial charge on any atom is -0.480 e. The molecule has 0 saturated carbocycles. The van der Waals surface area contributed by atoms with Crippen LogP contribution in [-0.2, 0) is 11.3 Å². The quantitative estimate of drug-likeness (QED) is 0.302. The lowest BCUT2D eigenvalue weighted by Crippen LogP contribution is -2.39. The smallest absolute Gasteiger partial charge is 0.326 e. The van der Waals surface area contributed by atoms with Crippen LogP contribution in [0.15, 0.2) is 60.6 Å². The van der Waals surface area contributed by atoms with E-state index in [0.717, 1.165) is 59.5 Å². The van der Waals surface area contributed by atoms with Crippen LogP contribution in [0.25, 0.3) is 16.3 Å². The van der Waals surface area contributed by atoms with Gasteiger partial charge >= 0.3 is 5.97 Å². The highest BCUT2D eigenvalue weighted by Gasteiger charge is 2.30. The number of aliphatic carboxylic acids is 1. The molecule has 2 aliphatic rings. The molecule has 0 saturated heterocycles. The van der Waals surface area contributed by atoms with Crippen LogP contribution in [0, 0.1) is 0 Å². The number of hydrogen-bond donors (Lipinski definition) is 1. The monoisotopic (exact) mass is 569 g/mol. The lowest BCUT2D eigenvalue weighted by molar-refractivity contribution is -0.665. The van der Waals surface area contributed by atoms with Crippen molar-refractivity contribution in [3.8, 4) is 0 Å². The first kappa shape index (κ1) is 26.6. The third-order valence-electron chi connectivity index (χ3n) is 7.09. The Bertz CT molecular complexity index is 1440. The van der Waals surface area contributed by atoms with E-state index in [9.17, 15) is 9.90 Å². The van der Waals surface area contributed by atoms with E-state index >= 15 is 0 Å². The van der Waals surface area contributed by atoms with Crippen LogP contribution in [0.1, 0.15) is 38.6 Å². The van der Waals surface area contributed by atoms with Gasteiger partial charge in [0, 0.05) is 37.1 Å². The largest absolute Gasteiger partial charge is 0.480 e. The van der Waals surface area contributed by atoms with Gasteiger partial charge in [0.15, 0.2) is 0 Å². The molecular formula is C29H31Cl2N4O2S+. The number of thiazole rings is 1. The topological polar surface area (TPSA) is 50.9 Å². The molecule has 3 heterocycles. The standard InChI is InChI=1S/C29H30Cl2N4O2S/c1-4-32-23-17-20(30)21(31)18-24(23)33(5-2)27(32)11-9-12-28-34(6-3)25-16-19(13-14-26(25)38-28)35-15-8-7-10-22(35)29(36)37/h8-9,11-18,22H,4-7,10H2,1-3H3/p+1. The van der Waals surface area contributed by atoms with Crippen LogP contribution in [-0.4, -0.2) is 30.2 Å². The molecule has 1 aromatic heterocycles. The first-order valence-electron chi connectivity index (χ1n) is 12.9. The zero-order valence-corrected chi connectivity index (χ0v) is 24.0. The molecule has 38 heavy (non-hydrogen) atoms. The van der Waals surface area contributed by atoms with Crippen molar-refractivity contribution in [2.24, 2.45) is 0 Å². The summed E-state index contributed by atoms with van der Waals surface area (Å²) >= 11 is 14.4. The molecule has 0 aliphatic carbocycles. The summed E-state index contributed by atoms with van der Waals surface area (Å²) < 4.78 is 3.44. The molecule has 2 aromatic carbocycles. The number of carbonyl (C=O) groups is 1. The molecule has 1 N–H and O–H groups in total. The summed E-state index contributed by atoms with van der Waals surface area (Å²) in [6.07, 6.45) is 11.7. The minimum absolute atomic E-state index is 0.541. The highest BCUT2D eigenvalue weighted by atomic mass is 35.5. The average Bonchev–Trinajstić information content (AvgIpc) is 3.41. The second kappa shape index (κ2) is 11.0. The number of allylic oxidation sites excluding steroid dienone is 3. The van der Waals surface area contributed by atoms with E-state index < -0.39 is 12.0 Å². The normalized spacial score (nSPS) is 17.2. The van der Waals surface area contributed by atoms with E-state index in [1.54, 1.807) is 11.3 Å². The summed E-state index contributed by atoms with van der Waals surface area (Å²) in [5.41, 5.74) is 4.13. The Hall–Kier alpha value is -3.00. The maximum atomic E-state index is 11.8. The van der Waals surface area contributed by atoms with Crippen molar-refractivity contribution in [3.63, 3.8) is 0 Å². The predicted octanol–water partition coefficient (Wildman–Crippen LogP) is 7.30. The van der Waals surface area contributed by atoms with E-state index in [4.69, 9.17) is 23.2 Å². The summed E-state index contributed by atoms with van der Waals surface area (Å²) in [7, 11) is 0. The summed E-state index contributed by atoms with van der Waals surface area (Å²) in [6, 6.07) is 9.56. The third kappa shape index (κ3) is 4.68. The molecule has 9 heteroatoms. The first-order chi connectivity index (χ1) is 18.4. The van der Waals surface area contributed by atoms with Gasteiger partial charge in [-0.3, -0.25) is 0 Å². The summed E-state index contributed by atoms with van der Waals surface area (Å²) in [5.74, 6) is 0.295. The van der Waals surface area contributed by atoms with Crippen LogP contribution in [0.2, 0.25) is 10.0 Å². The van der Waals surface area contributed by atoms with Gasteiger partial charge in [-0.25, -0.2) is 4.79 Å². The van der Waals surface area contributed by atoms with E-state index in [2.05, 4.69) is 65.5 Å². The van der Waals surface area contributed by atoms with Crippen LogP contribution in [0.3, 0.4) is 0 Å². The van der Waals surface area contributed by atoms with Crippen LogP contribution < -0.4 is 19.3 Å². The number of halogens is 2. The highest BCUT2D eigenvalue weighted by Crippen LogP contribution is 2.45. The van der Waals surface area contributed by atoms with Gasteiger partial charge in [-0.05, 0) is 64.0 Å². The molecule has 1 unspecified atom stereocenters. The molecule has 3 aromatic rings. The van der Waals surface area contributed by atoms with Crippen molar-refractivity contribution in [1.82, 2.24) is 0 Å². The average molecular weight is 571 g/mol. The molecular weight excluding hydrogens is 539 g/mol. The molecule has 0 amide bonds. The Morgan fingerprint density at radius 2 is 1.79 bits per heavy atom. The van der Waals surface area contributed by atoms with Gasteiger partial charge in [0.1, 0.15) is 23.1 Å². The molecule has 1 atom stereocenters. The number of anilines is 3. The van der Waals surface area contributed by atoms with E-state index in [0.29, 0.717) is 16.5 Å². The molecule has 2 aliphatic heterocycles. The number of rotatable bonds is 7. The number of hydrogen-bond acceptors (Lipinski definition) is 5. The fourth-order valence-corrected chi connectivity index (χ4v) is 6.74. The summed E-state index contributed by atoms with van der Waals surface area (Å²) in [4.78, 5) is 18.2. The lowest BCUT2D eigenvalue weighted by atomic mass is 10.1. The van der Waals surface area contributed by atoms with E-state index in [1.165, 1.54) is 4.70 Å². The number of aryl methyl sites for hydroxylation is 1. The Kier molecular flexibility index (Phi) is 7.70. The molecule has 6 nitrogen and oxygen atoms in total. The number of fused-ring (bicyclic) bond motifs is 2. The molecule has 0 fully saturated rings. The number of nitrogens with zero attached hydrogens (tertiary/aromatic N) is 4. The second-order valence-electron chi connectivity index (χ2n) is 9.19. The van der Waals surface area contributed by atoms with Crippen molar-refractivity contribution in [2.45, 2.75) is 46.2 Å². The van der Waals surface area contributed by atoms with Crippen molar-refractivity contribution in [1.29, 1.82) is 0 Å². The molecule has 0 bridgehead atoms. The van der Waals surface area contributed by atoms with Gasteiger partial charge < -0.3 is 19.8 Å². The van der Waals surface area contributed by atoms with Crippen LogP contribution in [0.5, 0.6) is 0 Å². The van der Waals surface area contributed by atoms with E-state index in [-0.39, 0.29) is 0 Å². The van der Waals surface area contributed by atoms with Gasteiger partial charge in [0.2, 0.25) is 5.52 Å². The highest BCUT2D eigenvalue weighted by molar-refractivity contribution is 7.18. The number of carboxylic acids is 1. The molecule has 5 rings (SSSR count).